The Morgan fingerprint density at radius 1 is 1.00 bits per heavy atom. The van der Waals surface area contributed by atoms with Gasteiger partial charge in [-0.25, -0.2) is 4.79 Å². The van der Waals surface area contributed by atoms with Crippen LogP contribution in [0.3, 0.4) is 0 Å². The van der Waals surface area contributed by atoms with Gasteiger partial charge in [-0.15, -0.1) is 5.10 Å². The van der Waals surface area contributed by atoms with Crippen LogP contribution in [0.4, 0.5) is 0 Å². The first-order valence-corrected chi connectivity index (χ1v) is 6.26. The summed E-state index contributed by atoms with van der Waals surface area (Å²) in [6.07, 6.45) is 1.60. The SMILES string of the molecule is O=C(OCc1ccccc1)c1cccc2ccnnc12. The first kappa shape index (κ1) is 12.3. The second kappa shape index (κ2) is 5.48. The van der Waals surface area contributed by atoms with Crippen LogP contribution >= 0.6 is 0 Å². The fraction of sp³-hybridized carbons (Fsp3) is 0.0625. The summed E-state index contributed by atoms with van der Waals surface area (Å²) in [5.74, 6) is -0.389. The molecule has 0 bridgehead atoms. The van der Waals surface area contributed by atoms with Crippen molar-refractivity contribution in [2.45, 2.75) is 6.61 Å². The zero-order chi connectivity index (χ0) is 13.8. The van der Waals surface area contributed by atoms with E-state index in [1.165, 1.54) is 0 Å². The summed E-state index contributed by atoms with van der Waals surface area (Å²) in [5.41, 5.74) is 1.95. The molecular weight excluding hydrogens is 252 g/mol. The van der Waals surface area contributed by atoms with Crippen LogP contribution in [-0.4, -0.2) is 16.2 Å². The zero-order valence-corrected chi connectivity index (χ0v) is 10.7. The third kappa shape index (κ3) is 2.49. The Kier molecular flexibility index (Phi) is 3.37. The fourth-order valence-electron chi connectivity index (χ4n) is 1.98. The number of nitrogens with zero attached hydrogens (tertiary/aromatic N) is 2. The second-order valence-electron chi connectivity index (χ2n) is 4.34. The van der Waals surface area contributed by atoms with E-state index in [1.54, 1.807) is 12.3 Å². The van der Waals surface area contributed by atoms with Gasteiger partial charge in [0.1, 0.15) is 12.1 Å². The molecule has 98 valence electrons. The average Bonchev–Trinajstić information content (AvgIpc) is 2.53. The van der Waals surface area contributed by atoms with E-state index in [-0.39, 0.29) is 12.6 Å². The number of hydrogen-bond donors (Lipinski definition) is 0. The van der Waals surface area contributed by atoms with Gasteiger partial charge in [0.25, 0.3) is 0 Å². The standard InChI is InChI=1S/C16H12N2O2/c19-16(20-11-12-5-2-1-3-6-12)14-8-4-7-13-9-10-17-18-15(13)14/h1-10H,11H2. The van der Waals surface area contributed by atoms with E-state index in [4.69, 9.17) is 4.74 Å². The van der Waals surface area contributed by atoms with Gasteiger partial charge in [-0.1, -0.05) is 42.5 Å². The maximum absolute atomic E-state index is 12.1. The van der Waals surface area contributed by atoms with E-state index in [9.17, 15) is 4.79 Å². The Bertz CT molecular complexity index is 736. The molecule has 4 heteroatoms. The number of rotatable bonds is 3. The highest BCUT2D eigenvalue weighted by atomic mass is 16.5. The van der Waals surface area contributed by atoms with Gasteiger partial charge in [-0.3, -0.25) is 0 Å². The Morgan fingerprint density at radius 2 is 1.85 bits per heavy atom. The monoisotopic (exact) mass is 264 g/mol. The predicted octanol–water partition coefficient (Wildman–Crippen LogP) is 2.99. The Balaban J connectivity index is 1.82. The van der Waals surface area contributed by atoms with Crippen molar-refractivity contribution in [2.75, 3.05) is 0 Å². The summed E-state index contributed by atoms with van der Waals surface area (Å²) < 4.78 is 5.32. The summed E-state index contributed by atoms with van der Waals surface area (Å²) >= 11 is 0. The van der Waals surface area contributed by atoms with Gasteiger partial charge in [-0.05, 0) is 17.7 Å². The molecule has 4 nitrogen and oxygen atoms in total. The Labute approximate surface area is 116 Å². The predicted molar refractivity (Wildman–Crippen MR) is 75.1 cm³/mol. The van der Waals surface area contributed by atoms with E-state index in [0.29, 0.717) is 11.1 Å². The molecule has 0 fully saturated rings. The van der Waals surface area contributed by atoms with Crippen molar-refractivity contribution in [1.29, 1.82) is 0 Å². The molecule has 3 rings (SSSR count). The molecule has 0 atom stereocenters. The summed E-state index contributed by atoms with van der Waals surface area (Å²) in [7, 11) is 0. The van der Waals surface area contributed by atoms with Crippen molar-refractivity contribution < 1.29 is 9.53 Å². The van der Waals surface area contributed by atoms with Crippen LogP contribution in [0.25, 0.3) is 10.9 Å². The lowest BCUT2D eigenvalue weighted by atomic mass is 10.1. The lowest BCUT2D eigenvalue weighted by Crippen LogP contribution is -2.06. The maximum Gasteiger partial charge on any atom is 0.340 e. The highest BCUT2D eigenvalue weighted by molar-refractivity contribution is 6.02. The van der Waals surface area contributed by atoms with Crippen LogP contribution in [0.5, 0.6) is 0 Å². The number of fused-ring (bicyclic) bond motifs is 1. The minimum absolute atomic E-state index is 0.246. The molecule has 2 aromatic carbocycles. The van der Waals surface area contributed by atoms with Gasteiger partial charge in [-0.2, -0.15) is 5.10 Å². The van der Waals surface area contributed by atoms with Crippen molar-refractivity contribution in [3.8, 4) is 0 Å². The molecule has 0 aliphatic rings. The van der Waals surface area contributed by atoms with Gasteiger partial charge in [0.05, 0.1) is 11.8 Å². The van der Waals surface area contributed by atoms with Crippen molar-refractivity contribution in [3.63, 3.8) is 0 Å². The summed E-state index contributed by atoms with van der Waals surface area (Å²) in [6.45, 7) is 0.246. The average molecular weight is 264 g/mol. The molecule has 0 aliphatic heterocycles. The van der Waals surface area contributed by atoms with Crippen molar-refractivity contribution >= 4 is 16.9 Å². The van der Waals surface area contributed by atoms with Crippen LogP contribution in [0, 0.1) is 0 Å². The molecule has 3 aromatic rings. The molecule has 0 amide bonds. The van der Waals surface area contributed by atoms with Crippen LogP contribution < -0.4 is 0 Å². The maximum atomic E-state index is 12.1. The fourth-order valence-corrected chi connectivity index (χ4v) is 1.98. The highest BCUT2D eigenvalue weighted by Gasteiger charge is 2.12. The minimum atomic E-state index is -0.389. The van der Waals surface area contributed by atoms with Crippen LogP contribution in [0.15, 0.2) is 60.8 Å². The molecule has 0 unspecified atom stereocenters. The third-order valence-electron chi connectivity index (χ3n) is 2.98. The van der Waals surface area contributed by atoms with Crippen molar-refractivity contribution in [3.05, 3.63) is 71.9 Å². The number of aromatic nitrogens is 2. The van der Waals surface area contributed by atoms with E-state index < -0.39 is 0 Å². The molecule has 0 N–H and O–H groups in total. The molecular formula is C16H12N2O2. The van der Waals surface area contributed by atoms with Gasteiger partial charge in [0.2, 0.25) is 0 Å². The molecule has 0 saturated carbocycles. The molecule has 0 saturated heterocycles. The van der Waals surface area contributed by atoms with Gasteiger partial charge in [0.15, 0.2) is 0 Å². The van der Waals surface area contributed by atoms with E-state index in [0.717, 1.165) is 10.9 Å². The molecule has 0 radical (unpaired) electrons. The summed E-state index contributed by atoms with van der Waals surface area (Å²) in [4.78, 5) is 12.1. The van der Waals surface area contributed by atoms with Gasteiger partial charge < -0.3 is 4.74 Å². The lowest BCUT2D eigenvalue weighted by molar-refractivity contribution is 0.0475. The molecule has 20 heavy (non-hydrogen) atoms. The smallest absolute Gasteiger partial charge is 0.340 e. The molecule has 1 aromatic heterocycles. The third-order valence-corrected chi connectivity index (χ3v) is 2.98. The van der Waals surface area contributed by atoms with Gasteiger partial charge >= 0.3 is 5.97 Å². The number of benzene rings is 2. The van der Waals surface area contributed by atoms with E-state index in [1.807, 2.05) is 48.5 Å². The topological polar surface area (TPSA) is 52.1 Å². The van der Waals surface area contributed by atoms with Crippen molar-refractivity contribution in [1.82, 2.24) is 10.2 Å². The lowest BCUT2D eigenvalue weighted by Gasteiger charge is -2.06. The second-order valence-corrected chi connectivity index (χ2v) is 4.34. The summed E-state index contributed by atoms with van der Waals surface area (Å²) in [6, 6.07) is 16.8. The molecule has 1 heterocycles. The summed E-state index contributed by atoms with van der Waals surface area (Å²) in [5, 5.41) is 8.69. The van der Waals surface area contributed by atoms with E-state index >= 15 is 0 Å². The Hall–Kier alpha value is -2.75. The van der Waals surface area contributed by atoms with Crippen LogP contribution in [0.1, 0.15) is 15.9 Å². The number of hydrogen-bond acceptors (Lipinski definition) is 4. The number of carbonyl (C=O) groups excluding carboxylic acids is 1. The number of ether oxygens (including phenoxy) is 1. The first-order chi connectivity index (χ1) is 9.84. The highest BCUT2D eigenvalue weighted by Crippen LogP contribution is 2.16. The van der Waals surface area contributed by atoms with Crippen LogP contribution in [0.2, 0.25) is 0 Å². The molecule has 0 aliphatic carbocycles. The zero-order valence-electron chi connectivity index (χ0n) is 10.7. The normalized spacial score (nSPS) is 10.4. The number of carbonyl (C=O) groups is 1. The van der Waals surface area contributed by atoms with E-state index in [2.05, 4.69) is 10.2 Å². The quantitative estimate of drug-likeness (QED) is 0.682. The molecule has 0 spiro atoms. The first-order valence-electron chi connectivity index (χ1n) is 6.26. The number of esters is 1. The van der Waals surface area contributed by atoms with Crippen LogP contribution in [-0.2, 0) is 11.3 Å². The largest absolute Gasteiger partial charge is 0.457 e. The van der Waals surface area contributed by atoms with Gasteiger partial charge in [0, 0.05) is 5.39 Å². The minimum Gasteiger partial charge on any atom is -0.457 e. The van der Waals surface area contributed by atoms with Crippen molar-refractivity contribution in [2.24, 2.45) is 0 Å². The Morgan fingerprint density at radius 3 is 2.70 bits per heavy atom.